The van der Waals surface area contributed by atoms with Crippen LogP contribution in [0.2, 0.25) is 0 Å². The van der Waals surface area contributed by atoms with Crippen LogP contribution >= 0.6 is 0 Å². The van der Waals surface area contributed by atoms with Crippen molar-refractivity contribution in [3.63, 3.8) is 0 Å². The molecular weight excluding hydrogens is 300 g/mol. The minimum absolute atomic E-state index is 0.269. The lowest BCUT2D eigenvalue weighted by atomic mass is 9.91. The molecule has 3 heterocycles. The summed E-state index contributed by atoms with van der Waals surface area (Å²) in [5, 5.41) is 7.20. The summed E-state index contributed by atoms with van der Waals surface area (Å²) in [6.07, 6.45) is 8.39. The van der Waals surface area contributed by atoms with Crippen molar-refractivity contribution in [2.75, 3.05) is 13.1 Å². The Bertz CT molecular complexity index is 660. The molecule has 1 fully saturated rings. The summed E-state index contributed by atoms with van der Waals surface area (Å²) in [6.45, 7) is 5.78. The first-order valence-corrected chi connectivity index (χ1v) is 8.80. The van der Waals surface area contributed by atoms with Gasteiger partial charge in [0.25, 0.3) is 0 Å². The lowest BCUT2D eigenvalue weighted by Gasteiger charge is -2.33. The first-order chi connectivity index (χ1) is 11.6. The number of hydrogen-bond acceptors (Lipinski definition) is 3. The van der Waals surface area contributed by atoms with Gasteiger partial charge in [-0.25, -0.2) is 0 Å². The third-order valence-electron chi connectivity index (χ3n) is 4.99. The second kappa shape index (κ2) is 7.60. The standard InChI is InChI=1S/C19H26N4O/c1-14-18(15(2)22-21-14)7-8-19(24)23-10-4-6-17(13-23)11-16-5-3-9-20-12-16/h3,5,9,12,17H,4,6-8,10-11,13H2,1-2H3,(H,21,22). The van der Waals surface area contributed by atoms with Crippen LogP contribution in [0.15, 0.2) is 24.5 Å². The number of aromatic amines is 1. The van der Waals surface area contributed by atoms with Crippen molar-refractivity contribution in [3.05, 3.63) is 47.0 Å². The van der Waals surface area contributed by atoms with Gasteiger partial charge in [0.15, 0.2) is 0 Å². The Kier molecular flexibility index (Phi) is 5.28. The number of hydrogen-bond donors (Lipinski definition) is 1. The van der Waals surface area contributed by atoms with Crippen molar-refractivity contribution in [1.29, 1.82) is 0 Å². The predicted octanol–water partition coefficient (Wildman–Crippen LogP) is 2.84. The van der Waals surface area contributed by atoms with E-state index in [0.717, 1.165) is 43.7 Å². The monoisotopic (exact) mass is 326 g/mol. The number of likely N-dealkylation sites (tertiary alicyclic amines) is 1. The normalized spacial score (nSPS) is 17.9. The van der Waals surface area contributed by atoms with E-state index in [4.69, 9.17) is 0 Å². The molecular formula is C19H26N4O. The van der Waals surface area contributed by atoms with E-state index in [1.807, 2.05) is 26.1 Å². The largest absolute Gasteiger partial charge is 0.342 e. The molecule has 0 aliphatic carbocycles. The molecule has 0 spiro atoms. The first-order valence-electron chi connectivity index (χ1n) is 8.80. The maximum absolute atomic E-state index is 12.6. The fraction of sp³-hybridized carbons (Fsp3) is 0.526. The average molecular weight is 326 g/mol. The zero-order valence-electron chi connectivity index (χ0n) is 14.6. The van der Waals surface area contributed by atoms with Gasteiger partial charge in [0.1, 0.15) is 0 Å². The Labute approximate surface area is 143 Å². The molecule has 1 amide bonds. The predicted molar refractivity (Wildman–Crippen MR) is 93.6 cm³/mol. The third-order valence-corrected chi connectivity index (χ3v) is 4.99. The average Bonchev–Trinajstić information content (AvgIpc) is 2.92. The Morgan fingerprint density at radius 1 is 1.42 bits per heavy atom. The smallest absolute Gasteiger partial charge is 0.222 e. The minimum Gasteiger partial charge on any atom is -0.342 e. The summed E-state index contributed by atoms with van der Waals surface area (Å²) >= 11 is 0. The number of nitrogens with one attached hydrogen (secondary N) is 1. The molecule has 128 valence electrons. The summed E-state index contributed by atoms with van der Waals surface area (Å²) < 4.78 is 0. The van der Waals surface area contributed by atoms with Gasteiger partial charge < -0.3 is 4.90 Å². The number of amides is 1. The van der Waals surface area contributed by atoms with Crippen LogP contribution in [0.25, 0.3) is 0 Å². The topological polar surface area (TPSA) is 61.9 Å². The fourth-order valence-corrected chi connectivity index (χ4v) is 3.64. The molecule has 24 heavy (non-hydrogen) atoms. The Morgan fingerprint density at radius 3 is 3.00 bits per heavy atom. The number of carbonyl (C=O) groups excluding carboxylic acids is 1. The second-order valence-corrected chi connectivity index (χ2v) is 6.83. The van der Waals surface area contributed by atoms with Crippen LogP contribution in [0, 0.1) is 19.8 Å². The van der Waals surface area contributed by atoms with E-state index >= 15 is 0 Å². The molecule has 0 bridgehead atoms. The second-order valence-electron chi connectivity index (χ2n) is 6.83. The Morgan fingerprint density at radius 2 is 2.29 bits per heavy atom. The van der Waals surface area contributed by atoms with Crippen molar-refractivity contribution in [2.24, 2.45) is 5.92 Å². The molecule has 2 aromatic heterocycles. The zero-order valence-corrected chi connectivity index (χ0v) is 14.6. The molecule has 0 saturated carbocycles. The molecule has 0 radical (unpaired) electrons. The van der Waals surface area contributed by atoms with E-state index in [1.165, 1.54) is 17.5 Å². The van der Waals surface area contributed by atoms with Crippen molar-refractivity contribution in [3.8, 4) is 0 Å². The number of rotatable bonds is 5. The van der Waals surface area contributed by atoms with E-state index in [0.29, 0.717) is 12.3 Å². The van der Waals surface area contributed by atoms with Crippen molar-refractivity contribution < 1.29 is 4.79 Å². The van der Waals surface area contributed by atoms with E-state index in [2.05, 4.69) is 26.1 Å². The maximum atomic E-state index is 12.6. The first kappa shape index (κ1) is 16.7. The van der Waals surface area contributed by atoms with Gasteiger partial charge in [0.05, 0.1) is 5.69 Å². The molecule has 1 N–H and O–H groups in total. The van der Waals surface area contributed by atoms with Gasteiger partial charge in [-0.2, -0.15) is 5.10 Å². The summed E-state index contributed by atoms with van der Waals surface area (Å²) in [4.78, 5) is 18.8. The van der Waals surface area contributed by atoms with Gasteiger partial charge in [-0.15, -0.1) is 0 Å². The molecule has 2 aromatic rings. The van der Waals surface area contributed by atoms with Gasteiger partial charge in [-0.05, 0) is 62.6 Å². The van der Waals surface area contributed by atoms with Crippen LogP contribution in [0.5, 0.6) is 0 Å². The molecule has 3 rings (SSSR count). The van der Waals surface area contributed by atoms with Crippen molar-refractivity contribution in [2.45, 2.75) is 46.0 Å². The van der Waals surface area contributed by atoms with E-state index in [9.17, 15) is 4.79 Å². The highest BCUT2D eigenvalue weighted by Crippen LogP contribution is 2.22. The summed E-state index contributed by atoms with van der Waals surface area (Å²) in [7, 11) is 0. The molecule has 0 aromatic carbocycles. The molecule has 1 saturated heterocycles. The van der Waals surface area contributed by atoms with Crippen LogP contribution in [0.3, 0.4) is 0 Å². The van der Waals surface area contributed by atoms with Gasteiger partial charge in [0.2, 0.25) is 5.91 Å². The summed E-state index contributed by atoms with van der Waals surface area (Å²) in [6, 6.07) is 4.11. The molecule has 1 atom stereocenters. The minimum atomic E-state index is 0.269. The number of H-pyrrole nitrogens is 1. The molecule has 1 aliphatic rings. The van der Waals surface area contributed by atoms with E-state index in [-0.39, 0.29) is 5.91 Å². The number of aryl methyl sites for hydroxylation is 2. The quantitative estimate of drug-likeness (QED) is 0.919. The van der Waals surface area contributed by atoms with E-state index in [1.54, 1.807) is 6.20 Å². The number of nitrogens with zero attached hydrogens (tertiary/aromatic N) is 3. The number of pyridine rings is 1. The van der Waals surface area contributed by atoms with Gasteiger partial charge in [0, 0.05) is 37.6 Å². The molecule has 1 unspecified atom stereocenters. The molecule has 5 heteroatoms. The zero-order chi connectivity index (χ0) is 16.9. The van der Waals surface area contributed by atoms with Crippen LogP contribution in [0.1, 0.15) is 41.8 Å². The van der Waals surface area contributed by atoms with Gasteiger partial charge in [-0.3, -0.25) is 14.9 Å². The van der Waals surface area contributed by atoms with Crippen molar-refractivity contribution >= 4 is 5.91 Å². The SMILES string of the molecule is Cc1n[nH]c(C)c1CCC(=O)N1CCCC(Cc2cccnc2)C1. The number of carbonyl (C=O) groups is 1. The Balaban J connectivity index is 1.53. The van der Waals surface area contributed by atoms with E-state index < -0.39 is 0 Å². The lowest BCUT2D eigenvalue weighted by Crippen LogP contribution is -2.40. The number of aromatic nitrogens is 3. The Hall–Kier alpha value is -2.17. The lowest BCUT2D eigenvalue weighted by molar-refractivity contribution is -0.132. The molecule has 5 nitrogen and oxygen atoms in total. The third kappa shape index (κ3) is 4.02. The highest BCUT2D eigenvalue weighted by atomic mass is 16.2. The summed E-state index contributed by atoms with van der Waals surface area (Å²) in [5.41, 5.74) is 4.54. The maximum Gasteiger partial charge on any atom is 0.222 e. The van der Waals surface area contributed by atoms with Crippen molar-refractivity contribution in [1.82, 2.24) is 20.1 Å². The highest BCUT2D eigenvalue weighted by molar-refractivity contribution is 5.76. The van der Waals surface area contributed by atoms with Crippen LogP contribution in [0.4, 0.5) is 0 Å². The number of piperidine rings is 1. The van der Waals surface area contributed by atoms with Gasteiger partial charge in [-0.1, -0.05) is 6.07 Å². The highest BCUT2D eigenvalue weighted by Gasteiger charge is 2.24. The van der Waals surface area contributed by atoms with Crippen LogP contribution in [-0.2, 0) is 17.6 Å². The fourth-order valence-electron chi connectivity index (χ4n) is 3.64. The van der Waals surface area contributed by atoms with Gasteiger partial charge >= 0.3 is 0 Å². The molecule has 1 aliphatic heterocycles. The van der Waals surface area contributed by atoms with Crippen LogP contribution in [-0.4, -0.2) is 39.1 Å². The van der Waals surface area contributed by atoms with Crippen LogP contribution < -0.4 is 0 Å². The summed E-state index contributed by atoms with van der Waals surface area (Å²) in [5.74, 6) is 0.815.